The lowest BCUT2D eigenvalue weighted by molar-refractivity contribution is -0.161. The average molecular weight is 669 g/mol. The lowest BCUT2D eigenvalue weighted by atomic mass is 10.0. The summed E-state index contributed by atoms with van der Waals surface area (Å²) in [4.78, 5) is 24.2. The van der Waals surface area contributed by atoms with Crippen molar-refractivity contribution in [1.29, 1.82) is 0 Å². The first-order valence-electron chi connectivity index (χ1n) is 19.5. The maximum absolute atomic E-state index is 12.1. The Morgan fingerprint density at radius 2 is 0.896 bits per heavy atom. The van der Waals surface area contributed by atoms with Crippen LogP contribution >= 0.6 is 0 Å². The molecule has 0 saturated heterocycles. The quantitative estimate of drug-likeness (QED) is 0.0420. The lowest BCUT2D eigenvalue weighted by Crippen LogP contribution is -2.28. The molecule has 0 fully saturated rings. The van der Waals surface area contributed by atoms with Crippen LogP contribution in [0.3, 0.4) is 0 Å². The van der Waals surface area contributed by atoms with Gasteiger partial charge in [-0.2, -0.15) is 0 Å². The van der Waals surface area contributed by atoms with E-state index in [1.54, 1.807) is 0 Å². The van der Waals surface area contributed by atoms with Crippen LogP contribution < -0.4 is 0 Å². The van der Waals surface area contributed by atoms with Crippen LogP contribution in [0.5, 0.6) is 0 Å². The van der Waals surface area contributed by atoms with E-state index in [2.05, 4.69) is 74.6 Å². The fourth-order valence-electron chi connectivity index (χ4n) is 5.11. The zero-order chi connectivity index (χ0) is 35.0. The second-order valence-electron chi connectivity index (χ2n) is 12.6. The third-order valence-corrected chi connectivity index (χ3v) is 8.03. The minimum atomic E-state index is -0.812. The highest BCUT2D eigenvalue weighted by Gasteiger charge is 2.15. The number of unbranched alkanes of at least 4 members (excludes halogenated alkanes) is 14. The van der Waals surface area contributed by atoms with Gasteiger partial charge in [-0.1, -0.05) is 177 Å². The number of aliphatic hydroxyl groups excluding tert-OH is 1. The van der Waals surface area contributed by atoms with Gasteiger partial charge in [0, 0.05) is 12.8 Å². The Kier molecular flexibility index (Phi) is 36.6. The van der Waals surface area contributed by atoms with Gasteiger partial charge in [-0.05, 0) is 51.4 Å². The highest BCUT2D eigenvalue weighted by atomic mass is 16.6. The predicted molar refractivity (Wildman–Crippen MR) is 205 cm³/mol. The third-order valence-electron chi connectivity index (χ3n) is 8.03. The highest BCUT2D eigenvalue weighted by Crippen LogP contribution is 2.14. The molecular formula is C43H72O5. The van der Waals surface area contributed by atoms with Crippen molar-refractivity contribution in [2.24, 2.45) is 0 Å². The fraction of sp³-hybridized carbons (Fsp3) is 0.674. The van der Waals surface area contributed by atoms with Crippen LogP contribution in [0.1, 0.15) is 168 Å². The van der Waals surface area contributed by atoms with E-state index in [-0.39, 0.29) is 25.6 Å². The zero-order valence-corrected chi connectivity index (χ0v) is 31.0. The smallest absolute Gasteiger partial charge is 0.306 e. The molecule has 1 atom stereocenters. The standard InChI is InChI=1S/C43H72O5/c1-3-5-7-9-11-13-15-17-19-20-21-22-24-26-28-30-32-34-36-38-43(46)48-41(39-44)40-47-42(45)37-35-33-31-29-27-25-23-18-16-14-12-10-8-6-4-2/h5,7,11,13,17,19,21-22,26,28,32,34,41,44H,3-4,6,8-10,12,14-16,18,20,23-25,27,29-31,33,35-40H2,1-2H3/b7-5+,13-11+,19-17+,22-21+,28-26+,34-32+/t41-/m0/s1. The minimum Gasteiger partial charge on any atom is -0.462 e. The maximum atomic E-state index is 12.1. The molecule has 0 spiro atoms. The SMILES string of the molecule is CC/C=C/C/C=C/C/C=C/C/C=C/C/C=C/C/C=C/CCC(=O)O[C@@H](CO)COC(=O)CCCCCCCCCCCCCCCCC. The van der Waals surface area contributed by atoms with Gasteiger partial charge in [-0.3, -0.25) is 9.59 Å². The van der Waals surface area contributed by atoms with Gasteiger partial charge in [-0.15, -0.1) is 0 Å². The highest BCUT2D eigenvalue weighted by molar-refractivity contribution is 5.70. The van der Waals surface area contributed by atoms with E-state index in [1.165, 1.54) is 77.0 Å². The largest absolute Gasteiger partial charge is 0.462 e. The molecule has 0 radical (unpaired) electrons. The number of hydrogen-bond donors (Lipinski definition) is 1. The molecular weight excluding hydrogens is 596 g/mol. The van der Waals surface area contributed by atoms with Crippen molar-refractivity contribution in [3.63, 3.8) is 0 Å². The molecule has 274 valence electrons. The average Bonchev–Trinajstić information content (AvgIpc) is 3.09. The maximum Gasteiger partial charge on any atom is 0.306 e. The number of rotatable bonds is 34. The van der Waals surface area contributed by atoms with Crippen LogP contribution in [0.4, 0.5) is 0 Å². The molecule has 0 aromatic heterocycles. The number of ether oxygens (including phenoxy) is 2. The Hall–Kier alpha value is -2.66. The molecule has 0 aromatic rings. The summed E-state index contributed by atoms with van der Waals surface area (Å²) in [5.74, 6) is -0.691. The van der Waals surface area contributed by atoms with E-state index in [0.717, 1.165) is 57.8 Å². The predicted octanol–water partition coefficient (Wildman–Crippen LogP) is 12.2. The van der Waals surface area contributed by atoms with E-state index in [9.17, 15) is 14.7 Å². The van der Waals surface area contributed by atoms with Crippen molar-refractivity contribution >= 4 is 11.9 Å². The molecule has 0 unspecified atom stereocenters. The lowest BCUT2D eigenvalue weighted by Gasteiger charge is -2.15. The Bertz CT molecular complexity index is 895. The van der Waals surface area contributed by atoms with Crippen molar-refractivity contribution in [1.82, 2.24) is 0 Å². The second kappa shape index (κ2) is 38.8. The van der Waals surface area contributed by atoms with Crippen LogP contribution in [0.2, 0.25) is 0 Å². The van der Waals surface area contributed by atoms with Crippen LogP contribution in [-0.2, 0) is 19.1 Å². The normalized spacial score (nSPS) is 13.0. The van der Waals surface area contributed by atoms with Gasteiger partial charge >= 0.3 is 11.9 Å². The van der Waals surface area contributed by atoms with Crippen molar-refractivity contribution < 1.29 is 24.2 Å². The number of carbonyl (C=O) groups excluding carboxylic acids is 2. The van der Waals surface area contributed by atoms with E-state index >= 15 is 0 Å². The summed E-state index contributed by atoms with van der Waals surface area (Å²) in [6.07, 6.45) is 51.1. The molecule has 5 nitrogen and oxygen atoms in total. The van der Waals surface area contributed by atoms with Crippen molar-refractivity contribution in [3.05, 3.63) is 72.9 Å². The van der Waals surface area contributed by atoms with Gasteiger partial charge < -0.3 is 14.6 Å². The van der Waals surface area contributed by atoms with Gasteiger partial charge in [0.2, 0.25) is 0 Å². The molecule has 0 saturated carbocycles. The Morgan fingerprint density at radius 3 is 1.31 bits per heavy atom. The van der Waals surface area contributed by atoms with Crippen molar-refractivity contribution in [2.75, 3.05) is 13.2 Å². The van der Waals surface area contributed by atoms with Gasteiger partial charge in [0.15, 0.2) is 6.10 Å². The molecule has 48 heavy (non-hydrogen) atoms. The zero-order valence-electron chi connectivity index (χ0n) is 31.0. The summed E-state index contributed by atoms with van der Waals surface area (Å²) in [5, 5.41) is 9.54. The van der Waals surface area contributed by atoms with Crippen LogP contribution in [0, 0.1) is 0 Å². The van der Waals surface area contributed by atoms with Gasteiger partial charge in [0.1, 0.15) is 6.61 Å². The number of carbonyl (C=O) groups is 2. The van der Waals surface area contributed by atoms with Gasteiger partial charge in [0.25, 0.3) is 0 Å². The first-order chi connectivity index (χ1) is 23.6. The summed E-state index contributed by atoms with van der Waals surface area (Å²) < 4.78 is 10.5. The van der Waals surface area contributed by atoms with Crippen LogP contribution in [0.25, 0.3) is 0 Å². The molecule has 1 N–H and O–H groups in total. The van der Waals surface area contributed by atoms with Crippen molar-refractivity contribution in [3.8, 4) is 0 Å². The summed E-state index contributed by atoms with van der Waals surface area (Å²) in [5.41, 5.74) is 0. The number of hydrogen-bond acceptors (Lipinski definition) is 5. The second-order valence-corrected chi connectivity index (χ2v) is 12.6. The molecule has 0 aliphatic carbocycles. The fourth-order valence-corrected chi connectivity index (χ4v) is 5.11. The molecule has 0 aliphatic heterocycles. The molecule has 5 heteroatoms. The summed E-state index contributed by atoms with van der Waals surface area (Å²) in [6.45, 7) is 3.95. The van der Waals surface area contributed by atoms with E-state index < -0.39 is 12.1 Å². The molecule has 0 rings (SSSR count). The number of esters is 2. The summed E-state index contributed by atoms with van der Waals surface area (Å²) >= 11 is 0. The van der Waals surface area contributed by atoms with E-state index in [1.807, 2.05) is 12.2 Å². The first-order valence-corrected chi connectivity index (χ1v) is 19.5. The van der Waals surface area contributed by atoms with Gasteiger partial charge in [-0.25, -0.2) is 0 Å². The molecule has 0 amide bonds. The van der Waals surface area contributed by atoms with Gasteiger partial charge in [0.05, 0.1) is 6.61 Å². The van der Waals surface area contributed by atoms with Crippen molar-refractivity contribution in [2.45, 2.75) is 174 Å². The number of allylic oxidation sites excluding steroid dienone is 12. The summed E-state index contributed by atoms with van der Waals surface area (Å²) in [7, 11) is 0. The summed E-state index contributed by atoms with van der Waals surface area (Å²) in [6, 6.07) is 0. The molecule has 0 aromatic carbocycles. The minimum absolute atomic E-state index is 0.0975. The Labute approximate surface area is 295 Å². The topological polar surface area (TPSA) is 72.8 Å². The van der Waals surface area contributed by atoms with E-state index in [0.29, 0.717) is 12.8 Å². The molecule has 0 heterocycles. The first kappa shape index (κ1) is 45.3. The van der Waals surface area contributed by atoms with Crippen LogP contribution in [0.15, 0.2) is 72.9 Å². The van der Waals surface area contributed by atoms with Crippen LogP contribution in [-0.4, -0.2) is 36.4 Å². The number of aliphatic hydroxyl groups is 1. The monoisotopic (exact) mass is 669 g/mol. The molecule has 0 aliphatic rings. The Balaban J connectivity index is 3.71. The molecule has 0 bridgehead atoms. The third kappa shape index (κ3) is 36.2. The Morgan fingerprint density at radius 1 is 0.500 bits per heavy atom. The van der Waals surface area contributed by atoms with E-state index in [4.69, 9.17) is 9.47 Å².